The van der Waals surface area contributed by atoms with Gasteiger partial charge in [0, 0.05) is 56.8 Å². The van der Waals surface area contributed by atoms with E-state index in [-0.39, 0.29) is 0 Å². The number of aliphatic imine (C=N–C) groups is 1. The highest BCUT2D eigenvalue weighted by Crippen LogP contribution is 2.25. The van der Waals surface area contributed by atoms with E-state index < -0.39 is 0 Å². The minimum atomic E-state index is 0.651. The highest BCUT2D eigenvalue weighted by Gasteiger charge is 2.20. The average molecular weight is 427 g/mol. The van der Waals surface area contributed by atoms with Gasteiger partial charge in [0.25, 0.3) is 0 Å². The lowest BCUT2D eigenvalue weighted by Gasteiger charge is -2.36. The van der Waals surface area contributed by atoms with Gasteiger partial charge in [0.2, 0.25) is 0 Å². The fourth-order valence-electron chi connectivity index (χ4n) is 3.42. The zero-order valence-electron chi connectivity index (χ0n) is 17.2. The lowest BCUT2D eigenvalue weighted by molar-refractivity contribution is 0.169. The van der Waals surface area contributed by atoms with Gasteiger partial charge in [-0.05, 0) is 24.3 Å². The van der Waals surface area contributed by atoms with E-state index in [1.165, 1.54) is 0 Å². The SMILES string of the molecule is CN=C(NCc1csc(-c2ccc(OC)cc2)n1)N1CCN(Cc2ccon2)CC1. The second-order valence-electron chi connectivity index (χ2n) is 7.03. The van der Waals surface area contributed by atoms with Crippen molar-refractivity contribution < 1.29 is 9.26 Å². The van der Waals surface area contributed by atoms with Gasteiger partial charge < -0.3 is 19.5 Å². The smallest absolute Gasteiger partial charge is 0.194 e. The van der Waals surface area contributed by atoms with Gasteiger partial charge in [-0.15, -0.1) is 11.3 Å². The lowest BCUT2D eigenvalue weighted by atomic mass is 10.2. The number of hydrogen-bond acceptors (Lipinski definition) is 7. The Bertz CT molecular complexity index is 946. The third-order valence-electron chi connectivity index (χ3n) is 5.08. The summed E-state index contributed by atoms with van der Waals surface area (Å²) in [6, 6.07) is 9.90. The lowest BCUT2D eigenvalue weighted by Crippen LogP contribution is -2.52. The van der Waals surface area contributed by atoms with Crippen molar-refractivity contribution in [2.45, 2.75) is 13.1 Å². The number of benzene rings is 1. The van der Waals surface area contributed by atoms with Crippen LogP contribution in [0.3, 0.4) is 0 Å². The molecule has 0 unspecified atom stereocenters. The molecule has 0 saturated carbocycles. The summed E-state index contributed by atoms with van der Waals surface area (Å²) in [7, 11) is 3.50. The third kappa shape index (κ3) is 4.98. The molecule has 1 aliphatic heterocycles. The largest absolute Gasteiger partial charge is 0.497 e. The fourth-order valence-corrected chi connectivity index (χ4v) is 4.25. The number of guanidine groups is 1. The Kier molecular flexibility index (Phi) is 6.60. The van der Waals surface area contributed by atoms with Gasteiger partial charge in [-0.3, -0.25) is 9.89 Å². The first-order valence-corrected chi connectivity index (χ1v) is 10.8. The highest BCUT2D eigenvalue weighted by molar-refractivity contribution is 7.13. The summed E-state index contributed by atoms with van der Waals surface area (Å²) in [6.07, 6.45) is 1.62. The van der Waals surface area contributed by atoms with Crippen LogP contribution in [-0.4, -0.2) is 66.2 Å². The number of ether oxygens (including phenoxy) is 1. The van der Waals surface area contributed by atoms with Crippen LogP contribution >= 0.6 is 11.3 Å². The molecular weight excluding hydrogens is 400 g/mol. The molecule has 0 spiro atoms. The normalized spacial score (nSPS) is 15.4. The molecule has 1 N–H and O–H groups in total. The summed E-state index contributed by atoms with van der Waals surface area (Å²) in [4.78, 5) is 13.9. The van der Waals surface area contributed by atoms with E-state index in [1.807, 2.05) is 37.4 Å². The number of rotatable bonds is 6. The van der Waals surface area contributed by atoms with E-state index in [2.05, 4.69) is 30.6 Å². The van der Waals surface area contributed by atoms with Crippen molar-refractivity contribution in [2.75, 3.05) is 40.3 Å². The van der Waals surface area contributed by atoms with E-state index in [4.69, 9.17) is 14.2 Å². The summed E-state index contributed by atoms with van der Waals surface area (Å²) in [5, 5.41) is 10.5. The zero-order chi connectivity index (χ0) is 20.8. The molecule has 3 aromatic rings. The van der Waals surface area contributed by atoms with Crippen LogP contribution in [0.4, 0.5) is 0 Å². The first-order chi connectivity index (χ1) is 14.7. The predicted molar refractivity (Wildman–Crippen MR) is 118 cm³/mol. The van der Waals surface area contributed by atoms with Crippen molar-refractivity contribution in [3.8, 4) is 16.3 Å². The standard InChI is InChI=1S/C21H26N6O2S/c1-22-21(27-10-8-26(9-11-27)14-17-7-12-29-25-17)23-13-18-15-30-20(24-18)16-3-5-19(28-2)6-4-16/h3-7,12,15H,8-11,13-14H2,1-2H3,(H,22,23). The number of piperazine rings is 1. The van der Waals surface area contributed by atoms with Crippen molar-refractivity contribution >= 4 is 17.3 Å². The van der Waals surface area contributed by atoms with Gasteiger partial charge in [0.05, 0.1) is 25.0 Å². The zero-order valence-corrected chi connectivity index (χ0v) is 18.1. The number of nitrogens with one attached hydrogen (secondary N) is 1. The van der Waals surface area contributed by atoms with Crippen molar-refractivity contribution in [1.82, 2.24) is 25.3 Å². The monoisotopic (exact) mass is 426 g/mol. The molecule has 0 amide bonds. The Morgan fingerprint density at radius 1 is 1.17 bits per heavy atom. The molecule has 4 rings (SSSR count). The van der Waals surface area contributed by atoms with Crippen molar-refractivity contribution in [3.63, 3.8) is 0 Å². The summed E-state index contributed by atoms with van der Waals surface area (Å²) >= 11 is 1.65. The Labute approximate surface area is 180 Å². The number of nitrogens with zero attached hydrogens (tertiary/aromatic N) is 5. The molecule has 1 fully saturated rings. The van der Waals surface area contributed by atoms with Crippen LogP contribution in [0, 0.1) is 0 Å². The molecule has 1 aromatic carbocycles. The molecule has 158 valence electrons. The van der Waals surface area contributed by atoms with Gasteiger partial charge in [-0.2, -0.15) is 0 Å². The van der Waals surface area contributed by atoms with Crippen LogP contribution in [0.2, 0.25) is 0 Å². The first kappa shape index (κ1) is 20.4. The summed E-state index contributed by atoms with van der Waals surface area (Å²) in [5.74, 6) is 1.76. The van der Waals surface area contributed by atoms with Crippen LogP contribution in [-0.2, 0) is 13.1 Å². The Balaban J connectivity index is 1.28. The first-order valence-electron chi connectivity index (χ1n) is 9.91. The van der Waals surface area contributed by atoms with Gasteiger partial charge in [0.15, 0.2) is 5.96 Å². The molecule has 30 heavy (non-hydrogen) atoms. The van der Waals surface area contributed by atoms with E-state index in [0.29, 0.717) is 6.54 Å². The van der Waals surface area contributed by atoms with Crippen LogP contribution < -0.4 is 10.1 Å². The van der Waals surface area contributed by atoms with E-state index in [9.17, 15) is 0 Å². The van der Waals surface area contributed by atoms with E-state index in [1.54, 1.807) is 24.7 Å². The van der Waals surface area contributed by atoms with Crippen LogP contribution in [0.25, 0.3) is 10.6 Å². The molecule has 0 radical (unpaired) electrons. The van der Waals surface area contributed by atoms with Crippen LogP contribution in [0.1, 0.15) is 11.4 Å². The topological polar surface area (TPSA) is 79.0 Å². The molecule has 0 aliphatic carbocycles. The number of thiazole rings is 1. The maximum absolute atomic E-state index is 5.22. The Hall–Kier alpha value is -2.91. The molecule has 9 heteroatoms. The number of hydrogen-bond donors (Lipinski definition) is 1. The quantitative estimate of drug-likeness (QED) is 0.480. The predicted octanol–water partition coefficient (Wildman–Crippen LogP) is 2.70. The van der Waals surface area contributed by atoms with Gasteiger partial charge in [0.1, 0.15) is 17.0 Å². The van der Waals surface area contributed by atoms with Gasteiger partial charge >= 0.3 is 0 Å². The van der Waals surface area contributed by atoms with E-state index >= 15 is 0 Å². The van der Waals surface area contributed by atoms with Crippen molar-refractivity contribution in [3.05, 3.63) is 53.4 Å². The molecule has 3 heterocycles. The summed E-state index contributed by atoms with van der Waals surface area (Å²) < 4.78 is 10.1. The second kappa shape index (κ2) is 9.73. The van der Waals surface area contributed by atoms with Crippen molar-refractivity contribution in [2.24, 2.45) is 4.99 Å². The molecule has 2 aromatic heterocycles. The molecule has 0 atom stereocenters. The van der Waals surface area contributed by atoms with Crippen LogP contribution in [0.5, 0.6) is 5.75 Å². The van der Waals surface area contributed by atoms with Gasteiger partial charge in [-0.25, -0.2) is 4.98 Å². The Morgan fingerprint density at radius 2 is 1.97 bits per heavy atom. The van der Waals surface area contributed by atoms with Gasteiger partial charge in [-0.1, -0.05) is 5.16 Å². The third-order valence-corrected chi connectivity index (χ3v) is 6.02. The fraction of sp³-hybridized carbons (Fsp3) is 0.381. The molecular formula is C21H26N6O2S. The maximum Gasteiger partial charge on any atom is 0.194 e. The molecule has 1 saturated heterocycles. The average Bonchev–Trinajstić information content (AvgIpc) is 3.48. The molecule has 8 nitrogen and oxygen atoms in total. The maximum atomic E-state index is 5.22. The number of methoxy groups -OCH3 is 1. The second-order valence-corrected chi connectivity index (χ2v) is 7.89. The minimum absolute atomic E-state index is 0.651. The highest BCUT2D eigenvalue weighted by atomic mass is 32.1. The Morgan fingerprint density at radius 3 is 2.63 bits per heavy atom. The minimum Gasteiger partial charge on any atom is -0.497 e. The summed E-state index contributed by atoms with van der Waals surface area (Å²) in [6.45, 7) is 5.25. The van der Waals surface area contributed by atoms with E-state index in [0.717, 1.165) is 66.4 Å². The molecule has 1 aliphatic rings. The number of aromatic nitrogens is 2. The molecule has 0 bridgehead atoms. The summed E-state index contributed by atoms with van der Waals surface area (Å²) in [5.41, 5.74) is 3.08. The van der Waals surface area contributed by atoms with Crippen LogP contribution in [0.15, 0.2) is 51.5 Å². The van der Waals surface area contributed by atoms with Crippen molar-refractivity contribution in [1.29, 1.82) is 0 Å².